The van der Waals surface area contributed by atoms with Crippen molar-refractivity contribution in [2.45, 2.75) is 36.2 Å². The number of nitrogens with zero attached hydrogens (tertiary/aromatic N) is 5. The first-order valence-electron chi connectivity index (χ1n) is 9.62. The first-order chi connectivity index (χ1) is 13.8. The van der Waals surface area contributed by atoms with Crippen LogP contribution in [-0.2, 0) is 11.3 Å². The van der Waals surface area contributed by atoms with Crippen molar-refractivity contribution in [3.05, 3.63) is 71.8 Å². The fourth-order valence-corrected chi connectivity index (χ4v) is 4.47. The Balaban J connectivity index is 1.58. The highest BCUT2D eigenvalue weighted by Gasteiger charge is 2.29. The molecule has 1 fully saturated rings. The Morgan fingerprint density at radius 1 is 0.964 bits per heavy atom. The fourth-order valence-electron chi connectivity index (χ4n) is 3.41. The molecule has 0 N–H and O–H groups in total. The number of likely N-dealkylation sites (tertiary alicyclic amines) is 1. The van der Waals surface area contributed by atoms with E-state index in [4.69, 9.17) is 0 Å². The van der Waals surface area contributed by atoms with Crippen molar-refractivity contribution in [2.24, 2.45) is 0 Å². The molecule has 4 rings (SSSR count). The average Bonchev–Trinajstić information content (AvgIpc) is 3.20. The first kappa shape index (κ1) is 18.7. The van der Waals surface area contributed by atoms with Crippen LogP contribution < -0.4 is 0 Å². The summed E-state index contributed by atoms with van der Waals surface area (Å²) < 4.78 is 1.76. The van der Waals surface area contributed by atoms with Crippen LogP contribution in [0.5, 0.6) is 0 Å². The molecule has 7 heteroatoms. The summed E-state index contributed by atoms with van der Waals surface area (Å²) in [5, 5.41) is 12.5. The van der Waals surface area contributed by atoms with E-state index in [1.807, 2.05) is 65.6 Å². The smallest absolute Gasteiger partial charge is 0.240 e. The Bertz CT molecular complexity index is 893. The van der Waals surface area contributed by atoms with Gasteiger partial charge in [0.1, 0.15) is 5.25 Å². The number of thioether (sulfide) groups is 1. The summed E-state index contributed by atoms with van der Waals surface area (Å²) in [6.07, 6.45) is 3.34. The molecular formula is C21H23N5OS. The second kappa shape index (κ2) is 9.01. The van der Waals surface area contributed by atoms with Gasteiger partial charge < -0.3 is 4.90 Å². The topological polar surface area (TPSA) is 63.9 Å². The van der Waals surface area contributed by atoms with Crippen LogP contribution in [-0.4, -0.2) is 44.1 Å². The molecule has 2 aromatic carbocycles. The van der Waals surface area contributed by atoms with Crippen LogP contribution in [0.3, 0.4) is 0 Å². The summed E-state index contributed by atoms with van der Waals surface area (Å²) in [5.74, 6) is 0.144. The minimum absolute atomic E-state index is 0.144. The fraction of sp³-hybridized carbons (Fsp3) is 0.333. The van der Waals surface area contributed by atoms with Gasteiger partial charge in [0.15, 0.2) is 0 Å². The highest BCUT2D eigenvalue weighted by molar-refractivity contribution is 8.00. The Labute approximate surface area is 168 Å². The lowest BCUT2D eigenvalue weighted by Gasteiger charge is -2.30. The maximum Gasteiger partial charge on any atom is 0.240 e. The lowest BCUT2D eigenvalue weighted by atomic mass is 10.1. The third kappa shape index (κ3) is 4.42. The van der Waals surface area contributed by atoms with E-state index in [9.17, 15) is 4.79 Å². The molecule has 1 unspecified atom stereocenters. The zero-order chi connectivity index (χ0) is 19.2. The van der Waals surface area contributed by atoms with E-state index in [2.05, 4.69) is 15.5 Å². The summed E-state index contributed by atoms with van der Waals surface area (Å²) in [5.41, 5.74) is 2.10. The van der Waals surface area contributed by atoms with Crippen LogP contribution in [0.25, 0.3) is 0 Å². The summed E-state index contributed by atoms with van der Waals surface area (Å²) in [4.78, 5) is 15.3. The van der Waals surface area contributed by atoms with E-state index in [0.29, 0.717) is 11.7 Å². The summed E-state index contributed by atoms with van der Waals surface area (Å²) in [6.45, 7) is 2.24. The molecule has 6 nitrogen and oxygen atoms in total. The van der Waals surface area contributed by atoms with Crippen molar-refractivity contribution in [3.8, 4) is 0 Å². The van der Waals surface area contributed by atoms with Crippen LogP contribution in [0.4, 0.5) is 0 Å². The molecule has 1 aliphatic heterocycles. The van der Waals surface area contributed by atoms with Crippen molar-refractivity contribution in [1.82, 2.24) is 25.1 Å². The molecule has 1 saturated heterocycles. The molecule has 0 radical (unpaired) electrons. The molecular weight excluding hydrogens is 370 g/mol. The monoisotopic (exact) mass is 393 g/mol. The summed E-state index contributed by atoms with van der Waals surface area (Å²) >= 11 is 1.43. The summed E-state index contributed by atoms with van der Waals surface area (Å²) in [6, 6.07) is 20.0. The normalized spacial score (nSPS) is 15.4. The third-order valence-corrected chi connectivity index (χ3v) is 6.10. The number of piperidine rings is 1. The van der Waals surface area contributed by atoms with Crippen molar-refractivity contribution in [3.63, 3.8) is 0 Å². The molecule has 3 aromatic rings. The van der Waals surface area contributed by atoms with Gasteiger partial charge in [0.25, 0.3) is 0 Å². The Kier molecular flexibility index (Phi) is 6.01. The van der Waals surface area contributed by atoms with Crippen molar-refractivity contribution >= 4 is 17.7 Å². The van der Waals surface area contributed by atoms with Gasteiger partial charge in [-0.2, -0.15) is 0 Å². The number of carbonyl (C=O) groups excluding carboxylic acids is 1. The lowest BCUT2D eigenvalue weighted by molar-refractivity contribution is -0.131. The molecule has 0 spiro atoms. The Hall–Kier alpha value is -2.67. The van der Waals surface area contributed by atoms with Gasteiger partial charge in [-0.05, 0) is 40.8 Å². The van der Waals surface area contributed by atoms with Crippen molar-refractivity contribution in [1.29, 1.82) is 0 Å². The van der Waals surface area contributed by atoms with Gasteiger partial charge in [-0.25, -0.2) is 4.68 Å². The molecule has 0 saturated carbocycles. The van der Waals surface area contributed by atoms with E-state index in [1.165, 1.54) is 18.2 Å². The molecule has 1 atom stereocenters. The highest BCUT2D eigenvalue weighted by Crippen LogP contribution is 2.36. The summed E-state index contributed by atoms with van der Waals surface area (Å²) in [7, 11) is 0. The predicted molar refractivity (Wildman–Crippen MR) is 109 cm³/mol. The molecule has 1 aromatic heterocycles. The number of benzene rings is 2. The van der Waals surface area contributed by atoms with Gasteiger partial charge in [0.05, 0.1) is 6.54 Å². The van der Waals surface area contributed by atoms with Gasteiger partial charge in [0.2, 0.25) is 11.1 Å². The molecule has 144 valence electrons. The zero-order valence-corrected chi connectivity index (χ0v) is 16.5. The minimum atomic E-state index is -0.347. The maximum atomic E-state index is 13.3. The number of rotatable bonds is 6. The SMILES string of the molecule is O=C(C(Sc1nnnn1Cc1ccccc1)c1ccccc1)N1CCCCC1. The average molecular weight is 394 g/mol. The van der Waals surface area contributed by atoms with E-state index in [1.54, 1.807) is 4.68 Å². The van der Waals surface area contributed by atoms with Crippen molar-refractivity contribution < 1.29 is 4.79 Å². The molecule has 28 heavy (non-hydrogen) atoms. The van der Waals surface area contributed by atoms with E-state index in [0.717, 1.165) is 37.1 Å². The van der Waals surface area contributed by atoms with Gasteiger partial charge in [0, 0.05) is 13.1 Å². The quantitative estimate of drug-likeness (QED) is 0.599. The van der Waals surface area contributed by atoms with Gasteiger partial charge >= 0.3 is 0 Å². The second-order valence-corrected chi connectivity index (χ2v) is 7.97. The zero-order valence-electron chi connectivity index (χ0n) is 15.6. The largest absolute Gasteiger partial charge is 0.341 e. The first-order valence-corrected chi connectivity index (χ1v) is 10.5. The molecule has 0 aliphatic carbocycles. The van der Waals surface area contributed by atoms with Crippen LogP contribution >= 0.6 is 11.8 Å². The van der Waals surface area contributed by atoms with Crippen LogP contribution in [0.15, 0.2) is 65.8 Å². The van der Waals surface area contributed by atoms with Gasteiger partial charge in [-0.3, -0.25) is 4.79 Å². The molecule has 0 bridgehead atoms. The molecule has 1 amide bonds. The van der Waals surface area contributed by atoms with E-state index >= 15 is 0 Å². The molecule has 2 heterocycles. The lowest BCUT2D eigenvalue weighted by Crippen LogP contribution is -2.38. The Morgan fingerprint density at radius 2 is 1.64 bits per heavy atom. The van der Waals surface area contributed by atoms with Crippen LogP contribution in [0.1, 0.15) is 35.6 Å². The maximum absolute atomic E-state index is 13.3. The van der Waals surface area contributed by atoms with Gasteiger partial charge in [-0.1, -0.05) is 72.4 Å². The van der Waals surface area contributed by atoms with E-state index in [-0.39, 0.29) is 11.2 Å². The standard InChI is InChI=1S/C21H23N5OS/c27-20(25-14-8-3-9-15-25)19(18-12-6-2-7-13-18)28-21-22-23-24-26(21)16-17-10-4-1-5-11-17/h1-2,4-7,10-13,19H,3,8-9,14-16H2. The van der Waals surface area contributed by atoms with Crippen LogP contribution in [0, 0.1) is 0 Å². The highest BCUT2D eigenvalue weighted by atomic mass is 32.2. The Morgan fingerprint density at radius 3 is 2.36 bits per heavy atom. The second-order valence-electron chi connectivity index (χ2n) is 6.90. The number of tetrazole rings is 1. The van der Waals surface area contributed by atoms with Crippen molar-refractivity contribution in [2.75, 3.05) is 13.1 Å². The molecule has 1 aliphatic rings. The van der Waals surface area contributed by atoms with Gasteiger partial charge in [-0.15, -0.1) is 5.10 Å². The number of amides is 1. The number of hydrogen-bond donors (Lipinski definition) is 0. The number of carbonyl (C=O) groups is 1. The van der Waals surface area contributed by atoms with Crippen LogP contribution in [0.2, 0.25) is 0 Å². The predicted octanol–water partition coefficient (Wildman–Crippen LogP) is 3.57. The van der Waals surface area contributed by atoms with E-state index < -0.39 is 0 Å². The number of aromatic nitrogens is 4. The number of hydrogen-bond acceptors (Lipinski definition) is 5. The third-order valence-electron chi connectivity index (χ3n) is 4.89. The minimum Gasteiger partial charge on any atom is -0.341 e.